The number of benzene rings is 1. The van der Waals surface area contributed by atoms with Crippen LogP contribution in [0.5, 0.6) is 0 Å². The molecule has 0 radical (unpaired) electrons. The first-order valence-corrected chi connectivity index (χ1v) is 9.49. The zero-order chi connectivity index (χ0) is 16.9. The van der Waals surface area contributed by atoms with E-state index in [9.17, 15) is 8.42 Å². The minimum Gasteiger partial charge on any atom is -0.299 e. The summed E-state index contributed by atoms with van der Waals surface area (Å²) >= 11 is 0. The van der Waals surface area contributed by atoms with Gasteiger partial charge in [0.25, 0.3) is 10.2 Å². The van der Waals surface area contributed by atoms with Crippen LogP contribution in [-0.4, -0.2) is 75.4 Å². The summed E-state index contributed by atoms with van der Waals surface area (Å²) < 4.78 is 27.6. The smallest absolute Gasteiger partial charge is 0.279 e. The lowest BCUT2D eigenvalue weighted by Gasteiger charge is -2.36. The third-order valence-electron chi connectivity index (χ3n) is 4.08. The average Bonchev–Trinajstić information content (AvgIpc) is 2.49. The van der Waals surface area contributed by atoms with E-state index < -0.39 is 10.2 Å². The number of nitrogens with zero attached hydrogens (tertiary/aromatic N) is 3. The quantitative estimate of drug-likeness (QED) is 0.789. The molecular formula is C16H28N4O2S. The van der Waals surface area contributed by atoms with E-state index in [1.54, 1.807) is 0 Å². The number of rotatable bonds is 7. The van der Waals surface area contributed by atoms with E-state index in [4.69, 9.17) is 0 Å². The Morgan fingerprint density at radius 3 is 2.22 bits per heavy atom. The maximum Gasteiger partial charge on any atom is 0.279 e. The second-order valence-corrected chi connectivity index (χ2v) is 8.28. The highest BCUT2D eigenvalue weighted by atomic mass is 32.2. The molecule has 0 spiro atoms. The van der Waals surface area contributed by atoms with E-state index >= 15 is 0 Å². The van der Waals surface area contributed by atoms with Crippen molar-refractivity contribution in [3.05, 3.63) is 35.9 Å². The van der Waals surface area contributed by atoms with Crippen molar-refractivity contribution in [2.45, 2.75) is 19.5 Å². The first-order valence-electron chi connectivity index (χ1n) is 8.05. The van der Waals surface area contributed by atoms with Gasteiger partial charge in [-0.05, 0) is 12.5 Å². The van der Waals surface area contributed by atoms with Crippen LogP contribution in [0.3, 0.4) is 0 Å². The van der Waals surface area contributed by atoms with Crippen molar-refractivity contribution in [2.24, 2.45) is 0 Å². The summed E-state index contributed by atoms with van der Waals surface area (Å²) in [6.07, 6.45) is 0. The SMILES string of the molecule is C[C@@H](CN1CCN(Cc2ccccc2)CC1)NS(=O)(=O)N(C)C. The van der Waals surface area contributed by atoms with Crippen LogP contribution in [0.2, 0.25) is 0 Å². The predicted molar refractivity (Wildman–Crippen MR) is 93.4 cm³/mol. The van der Waals surface area contributed by atoms with Crippen molar-refractivity contribution in [3.63, 3.8) is 0 Å². The van der Waals surface area contributed by atoms with Gasteiger partial charge in [-0.25, -0.2) is 0 Å². The largest absolute Gasteiger partial charge is 0.299 e. The number of hydrogen-bond donors (Lipinski definition) is 1. The topological polar surface area (TPSA) is 55.9 Å². The summed E-state index contributed by atoms with van der Waals surface area (Å²) in [4.78, 5) is 4.77. The molecule has 1 fully saturated rings. The molecule has 23 heavy (non-hydrogen) atoms. The fourth-order valence-electron chi connectivity index (χ4n) is 2.76. The highest BCUT2D eigenvalue weighted by Crippen LogP contribution is 2.09. The van der Waals surface area contributed by atoms with E-state index in [1.165, 1.54) is 24.0 Å². The first-order chi connectivity index (χ1) is 10.9. The molecule has 1 N–H and O–H groups in total. The van der Waals surface area contributed by atoms with Gasteiger partial charge in [0.15, 0.2) is 0 Å². The van der Waals surface area contributed by atoms with E-state index in [2.05, 4.69) is 38.8 Å². The minimum absolute atomic E-state index is 0.0944. The summed E-state index contributed by atoms with van der Waals surface area (Å²) in [5.41, 5.74) is 1.34. The first kappa shape index (κ1) is 18.4. The molecule has 7 heteroatoms. The van der Waals surface area contributed by atoms with Gasteiger partial charge in [-0.15, -0.1) is 0 Å². The minimum atomic E-state index is -3.35. The molecule has 0 aromatic heterocycles. The van der Waals surface area contributed by atoms with Crippen LogP contribution in [0.1, 0.15) is 12.5 Å². The van der Waals surface area contributed by atoms with Gasteiger partial charge in [-0.3, -0.25) is 9.80 Å². The van der Waals surface area contributed by atoms with E-state index in [1.807, 2.05) is 13.0 Å². The van der Waals surface area contributed by atoms with E-state index in [-0.39, 0.29) is 6.04 Å². The van der Waals surface area contributed by atoms with Crippen LogP contribution < -0.4 is 4.72 Å². The van der Waals surface area contributed by atoms with Crippen LogP contribution in [-0.2, 0) is 16.8 Å². The molecule has 0 aliphatic carbocycles. The summed E-state index contributed by atoms with van der Waals surface area (Å²) in [6, 6.07) is 10.4. The Bertz CT molecular complexity index is 569. The molecule has 1 heterocycles. The van der Waals surface area contributed by atoms with E-state index in [0.717, 1.165) is 39.3 Å². The monoisotopic (exact) mass is 340 g/mol. The number of hydrogen-bond acceptors (Lipinski definition) is 4. The summed E-state index contributed by atoms with van der Waals surface area (Å²) in [5.74, 6) is 0. The van der Waals surface area contributed by atoms with Crippen molar-refractivity contribution in [2.75, 3.05) is 46.8 Å². The maximum atomic E-state index is 11.8. The van der Waals surface area contributed by atoms with Gasteiger partial charge in [0.2, 0.25) is 0 Å². The van der Waals surface area contributed by atoms with Crippen LogP contribution in [0, 0.1) is 0 Å². The second-order valence-electron chi connectivity index (χ2n) is 6.37. The fraction of sp³-hybridized carbons (Fsp3) is 0.625. The molecule has 0 saturated carbocycles. The van der Waals surface area contributed by atoms with Crippen molar-refractivity contribution >= 4 is 10.2 Å². The van der Waals surface area contributed by atoms with Crippen LogP contribution in [0.15, 0.2) is 30.3 Å². The lowest BCUT2D eigenvalue weighted by Crippen LogP contribution is -2.51. The summed E-state index contributed by atoms with van der Waals surface area (Å²) in [7, 11) is -0.275. The number of piperazine rings is 1. The molecule has 0 amide bonds. The van der Waals surface area contributed by atoms with Crippen LogP contribution in [0.4, 0.5) is 0 Å². The predicted octanol–water partition coefficient (Wildman–Crippen LogP) is 0.589. The number of nitrogens with one attached hydrogen (secondary N) is 1. The highest BCUT2D eigenvalue weighted by Gasteiger charge is 2.21. The van der Waals surface area contributed by atoms with Crippen LogP contribution >= 0.6 is 0 Å². The molecule has 1 aliphatic rings. The van der Waals surface area contributed by atoms with Gasteiger partial charge in [0, 0.05) is 59.4 Å². The van der Waals surface area contributed by atoms with Crippen LogP contribution in [0.25, 0.3) is 0 Å². The van der Waals surface area contributed by atoms with Gasteiger partial charge in [0.05, 0.1) is 0 Å². The van der Waals surface area contributed by atoms with E-state index in [0.29, 0.717) is 0 Å². The average molecular weight is 340 g/mol. The standard InChI is InChI=1S/C16H28N4O2S/c1-15(17-23(21,22)18(2)3)13-19-9-11-20(12-10-19)14-16-7-5-4-6-8-16/h4-8,15,17H,9-14H2,1-3H3/t15-/m0/s1. The molecule has 2 rings (SSSR count). The Balaban J connectivity index is 1.74. The molecule has 1 aliphatic heterocycles. The molecule has 1 atom stereocenters. The summed E-state index contributed by atoms with van der Waals surface area (Å²) in [6.45, 7) is 7.62. The third-order valence-corrected chi connectivity index (χ3v) is 5.74. The Hall–Kier alpha value is -0.990. The van der Waals surface area contributed by atoms with Gasteiger partial charge < -0.3 is 0 Å². The molecule has 6 nitrogen and oxygen atoms in total. The Morgan fingerprint density at radius 2 is 1.65 bits per heavy atom. The van der Waals surface area contributed by atoms with Gasteiger partial charge in [0.1, 0.15) is 0 Å². The molecule has 0 bridgehead atoms. The molecule has 130 valence electrons. The van der Waals surface area contributed by atoms with Crippen molar-refractivity contribution in [1.82, 2.24) is 18.8 Å². The molecular weight excluding hydrogens is 312 g/mol. The lowest BCUT2D eigenvalue weighted by molar-refractivity contribution is 0.122. The van der Waals surface area contributed by atoms with Crippen molar-refractivity contribution < 1.29 is 8.42 Å². The normalized spacial score (nSPS) is 19.1. The molecule has 1 aromatic rings. The fourth-order valence-corrected chi connectivity index (χ4v) is 3.55. The molecule has 0 unspecified atom stereocenters. The van der Waals surface area contributed by atoms with Gasteiger partial charge in [-0.2, -0.15) is 17.4 Å². The van der Waals surface area contributed by atoms with Crippen molar-refractivity contribution in [1.29, 1.82) is 0 Å². The Morgan fingerprint density at radius 1 is 1.09 bits per heavy atom. The second kappa shape index (κ2) is 8.21. The Kier molecular flexibility index (Phi) is 6.55. The third kappa shape index (κ3) is 5.86. The Labute approximate surface area is 140 Å². The molecule has 1 aromatic carbocycles. The zero-order valence-electron chi connectivity index (χ0n) is 14.3. The van der Waals surface area contributed by atoms with Crippen molar-refractivity contribution in [3.8, 4) is 0 Å². The lowest BCUT2D eigenvalue weighted by atomic mass is 10.2. The maximum absolute atomic E-state index is 11.8. The molecule has 1 saturated heterocycles. The van der Waals surface area contributed by atoms with Gasteiger partial charge in [-0.1, -0.05) is 30.3 Å². The highest BCUT2D eigenvalue weighted by molar-refractivity contribution is 7.87. The summed E-state index contributed by atoms with van der Waals surface area (Å²) in [5, 5.41) is 0. The van der Waals surface area contributed by atoms with Gasteiger partial charge >= 0.3 is 0 Å². The zero-order valence-corrected chi connectivity index (χ0v) is 15.1.